The molecule has 2 aliphatic carbocycles. The molecule has 0 radical (unpaired) electrons. The molecule has 2 saturated carbocycles. The van der Waals surface area contributed by atoms with Crippen LogP contribution in [0.1, 0.15) is 67.2 Å². The molecule has 4 atom stereocenters. The van der Waals surface area contributed by atoms with Gasteiger partial charge in [0.25, 0.3) is 0 Å². The highest BCUT2D eigenvalue weighted by Gasteiger charge is 2.78. The largest absolute Gasteiger partial charge is 0.179 e. The van der Waals surface area contributed by atoms with Gasteiger partial charge in [-0.3, -0.25) is 0 Å². The van der Waals surface area contributed by atoms with E-state index >= 15 is 0 Å². The molecule has 0 bridgehead atoms. The Morgan fingerprint density at radius 1 is 1.00 bits per heavy atom. The highest BCUT2D eigenvalue weighted by atomic mass is 32.1. The molecule has 0 aromatic heterocycles. The lowest BCUT2D eigenvalue weighted by Crippen LogP contribution is -2.24. The number of hydrogen-bond donors (Lipinski definition) is 1. The summed E-state index contributed by atoms with van der Waals surface area (Å²) in [4.78, 5) is 0. The molecule has 0 aliphatic heterocycles. The van der Waals surface area contributed by atoms with Crippen molar-refractivity contribution in [1.29, 1.82) is 0 Å². The van der Waals surface area contributed by atoms with Crippen LogP contribution in [-0.2, 0) is 0 Å². The Labute approximate surface area is 113 Å². The summed E-state index contributed by atoms with van der Waals surface area (Å²) in [6.07, 6.45) is 5.53. The van der Waals surface area contributed by atoms with Crippen LogP contribution in [0.3, 0.4) is 0 Å². The van der Waals surface area contributed by atoms with Gasteiger partial charge >= 0.3 is 0 Å². The van der Waals surface area contributed by atoms with Gasteiger partial charge in [-0.25, -0.2) is 0 Å². The van der Waals surface area contributed by atoms with Crippen LogP contribution in [0.2, 0.25) is 0 Å². The molecule has 0 amide bonds. The molecular formula is C16H30S. The molecule has 0 N–H and O–H groups in total. The van der Waals surface area contributed by atoms with Gasteiger partial charge in [0.1, 0.15) is 0 Å². The topological polar surface area (TPSA) is 0 Å². The molecule has 0 aromatic carbocycles. The molecule has 17 heavy (non-hydrogen) atoms. The van der Waals surface area contributed by atoms with Crippen molar-refractivity contribution in [1.82, 2.24) is 0 Å². The summed E-state index contributed by atoms with van der Waals surface area (Å²) in [6, 6.07) is 0. The SMILES string of the molecule is CCC(CS)CC1(C)CC1(C)C1(C)CC1(C)C. The molecule has 100 valence electrons. The number of thiol groups is 1. The van der Waals surface area contributed by atoms with Gasteiger partial charge in [-0.2, -0.15) is 12.6 Å². The van der Waals surface area contributed by atoms with Gasteiger partial charge in [0.2, 0.25) is 0 Å². The summed E-state index contributed by atoms with van der Waals surface area (Å²) in [7, 11) is 0. The fraction of sp³-hybridized carbons (Fsp3) is 1.00. The summed E-state index contributed by atoms with van der Waals surface area (Å²) in [6.45, 7) is 14.8. The Bertz CT molecular complexity index is 317. The minimum Gasteiger partial charge on any atom is -0.179 e. The third-order valence-electron chi connectivity index (χ3n) is 6.91. The predicted octanol–water partition coefficient (Wildman–Crippen LogP) is 5.19. The molecule has 0 saturated heterocycles. The van der Waals surface area contributed by atoms with E-state index in [1.807, 2.05) is 0 Å². The zero-order valence-electron chi connectivity index (χ0n) is 12.6. The van der Waals surface area contributed by atoms with Crippen molar-refractivity contribution >= 4 is 12.6 Å². The fourth-order valence-corrected chi connectivity index (χ4v) is 5.04. The maximum absolute atomic E-state index is 4.51. The fourth-order valence-electron chi connectivity index (χ4n) is 4.65. The molecule has 2 aliphatic rings. The van der Waals surface area contributed by atoms with Crippen molar-refractivity contribution < 1.29 is 0 Å². The van der Waals surface area contributed by atoms with Crippen LogP contribution in [0.25, 0.3) is 0 Å². The maximum atomic E-state index is 4.51. The van der Waals surface area contributed by atoms with E-state index in [1.165, 1.54) is 25.7 Å². The third-order valence-corrected chi connectivity index (χ3v) is 7.42. The van der Waals surface area contributed by atoms with Gasteiger partial charge in [-0.05, 0) is 52.6 Å². The Hall–Kier alpha value is 0.350. The summed E-state index contributed by atoms with van der Waals surface area (Å²) in [5.41, 5.74) is 2.32. The molecule has 0 aromatic rings. The molecule has 1 heteroatoms. The smallest absolute Gasteiger partial charge is 0.00694 e. The van der Waals surface area contributed by atoms with E-state index in [0.717, 1.165) is 11.7 Å². The Balaban J connectivity index is 2.08. The summed E-state index contributed by atoms with van der Waals surface area (Å²) in [5.74, 6) is 1.87. The normalized spacial score (nSPS) is 48.9. The molecule has 2 rings (SSSR count). The Kier molecular flexibility index (Phi) is 2.98. The second kappa shape index (κ2) is 3.68. The minimum atomic E-state index is 0.572. The quantitative estimate of drug-likeness (QED) is 0.642. The third kappa shape index (κ3) is 1.71. The number of hydrogen-bond acceptors (Lipinski definition) is 1. The molecule has 0 spiro atoms. The zero-order valence-corrected chi connectivity index (χ0v) is 13.5. The van der Waals surface area contributed by atoms with E-state index in [1.54, 1.807) is 0 Å². The van der Waals surface area contributed by atoms with Crippen LogP contribution >= 0.6 is 12.6 Å². The standard InChI is InChI=1S/C16H30S/c1-7-12(9-17)8-14(4)11-16(14,6)15(5)10-13(15,2)3/h12,17H,7-11H2,1-6H3. The lowest BCUT2D eigenvalue weighted by molar-refractivity contribution is 0.185. The van der Waals surface area contributed by atoms with Gasteiger partial charge < -0.3 is 0 Å². The van der Waals surface area contributed by atoms with Crippen LogP contribution in [0, 0.1) is 27.6 Å². The molecule has 0 nitrogen and oxygen atoms in total. The first-order valence-corrected chi connectivity index (χ1v) is 7.90. The zero-order chi connectivity index (χ0) is 13.1. The summed E-state index contributed by atoms with van der Waals surface area (Å²) >= 11 is 4.51. The Morgan fingerprint density at radius 3 is 1.88 bits per heavy atom. The summed E-state index contributed by atoms with van der Waals surface area (Å²) < 4.78 is 0. The van der Waals surface area contributed by atoms with Gasteiger partial charge in [0.15, 0.2) is 0 Å². The van der Waals surface area contributed by atoms with Crippen LogP contribution < -0.4 is 0 Å². The van der Waals surface area contributed by atoms with E-state index in [-0.39, 0.29) is 0 Å². The van der Waals surface area contributed by atoms with Gasteiger partial charge in [-0.15, -0.1) is 0 Å². The first kappa shape index (κ1) is 13.8. The van der Waals surface area contributed by atoms with Gasteiger partial charge in [0.05, 0.1) is 0 Å². The van der Waals surface area contributed by atoms with Gasteiger partial charge in [-0.1, -0.05) is 48.0 Å². The minimum absolute atomic E-state index is 0.572. The van der Waals surface area contributed by atoms with Crippen molar-refractivity contribution in [2.75, 3.05) is 5.75 Å². The first-order valence-electron chi connectivity index (χ1n) is 7.27. The van der Waals surface area contributed by atoms with Crippen LogP contribution in [0.4, 0.5) is 0 Å². The van der Waals surface area contributed by atoms with Crippen molar-refractivity contribution in [2.45, 2.75) is 67.2 Å². The lowest BCUT2D eigenvalue weighted by Gasteiger charge is -2.30. The van der Waals surface area contributed by atoms with Gasteiger partial charge in [0, 0.05) is 0 Å². The van der Waals surface area contributed by atoms with Crippen molar-refractivity contribution in [3.63, 3.8) is 0 Å². The highest BCUT2D eigenvalue weighted by Crippen LogP contribution is 2.85. The predicted molar refractivity (Wildman–Crippen MR) is 79.6 cm³/mol. The monoisotopic (exact) mass is 254 g/mol. The van der Waals surface area contributed by atoms with E-state index < -0.39 is 0 Å². The Morgan fingerprint density at radius 2 is 1.53 bits per heavy atom. The maximum Gasteiger partial charge on any atom is -0.00694 e. The summed E-state index contributed by atoms with van der Waals surface area (Å²) in [5, 5.41) is 0. The molecule has 4 unspecified atom stereocenters. The first-order chi connectivity index (χ1) is 7.66. The average molecular weight is 254 g/mol. The van der Waals surface area contributed by atoms with E-state index in [4.69, 9.17) is 0 Å². The highest BCUT2D eigenvalue weighted by molar-refractivity contribution is 7.80. The second-order valence-electron chi connectivity index (χ2n) is 8.12. The van der Waals surface area contributed by atoms with E-state index in [9.17, 15) is 0 Å². The number of rotatable bonds is 5. The molecular weight excluding hydrogens is 224 g/mol. The van der Waals surface area contributed by atoms with Crippen LogP contribution in [0.15, 0.2) is 0 Å². The lowest BCUT2D eigenvalue weighted by atomic mass is 9.74. The van der Waals surface area contributed by atoms with Crippen LogP contribution in [-0.4, -0.2) is 5.75 Å². The van der Waals surface area contributed by atoms with Crippen molar-refractivity contribution in [2.24, 2.45) is 27.6 Å². The van der Waals surface area contributed by atoms with Crippen molar-refractivity contribution in [3.05, 3.63) is 0 Å². The molecule has 0 heterocycles. The average Bonchev–Trinajstić information content (AvgIpc) is 2.98. The van der Waals surface area contributed by atoms with E-state index in [2.05, 4.69) is 54.2 Å². The van der Waals surface area contributed by atoms with E-state index in [0.29, 0.717) is 21.7 Å². The van der Waals surface area contributed by atoms with Crippen LogP contribution in [0.5, 0.6) is 0 Å². The molecule has 2 fully saturated rings. The van der Waals surface area contributed by atoms with Crippen molar-refractivity contribution in [3.8, 4) is 0 Å². The second-order valence-corrected chi connectivity index (χ2v) is 8.49.